The maximum atomic E-state index is 14.5. The third kappa shape index (κ3) is 70.0. The number of hydrogen-bond donors (Lipinski definition) is 9. The number of nitrogens with one attached hydrogen (secondary N) is 6. The number of rotatable bonds is 77. The molecule has 0 saturated carbocycles. The number of carbonyl (C=O) groups is 10. The molecule has 1 aromatic rings. The molecule has 704 valence electrons. The van der Waals surface area contributed by atoms with Crippen molar-refractivity contribution in [3.05, 3.63) is 35.9 Å². The van der Waals surface area contributed by atoms with Crippen LogP contribution in [-0.2, 0) is 59.3 Å². The molecule has 0 bridgehead atoms. The van der Waals surface area contributed by atoms with E-state index in [1.807, 2.05) is 51.4 Å². The Morgan fingerprint density at radius 2 is 0.587 bits per heavy atom. The third-order valence-corrected chi connectivity index (χ3v) is 21.8. The number of benzene rings is 1. The molecule has 29 heteroatoms. The quantitative estimate of drug-likeness (QED) is 0.0231. The van der Waals surface area contributed by atoms with Crippen molar-refractivity contribution in [2.75, 3.05) is 240 Å². The zero-order valence-electron chi connectivity index (χ0n) is 79.4. The molecule has 121 heavy (non-hydrogen) atoms. The molecule has 0 aromatic heterocycles. The summed E-state index contributed by atoms with van der Waals surface area (Å²) in [5.74, 6) is -8.01. The van der Waals surface area contributed by atoms with E-state index in [-0.39, 0.29) is 87.1 Å². The molecular weight excluding hydrogens is 1530 g/mol. The number of ether oxygens (including phenoxy) is 1. The minimum absolute atomic E-state index is 0.0879. The van der Waals surface area contributed by atoms with Crippen LogP contribution in [0.1, 0.15) is 227 Å². The number of likely N-dealkylation sites (N-methyl/N-ethyl adjacent to an activating group) is 9. The number of carbonyl (C=O) groups excluding carboxylic acids is 10. The number of Topliss-reactive ketones (excluding diaryl/α,β-unsaturated/α-hetero) is 3. The number of amides is 6. The summed E-state index contributed by atoms with van der Waals surface area (Å²) in [6.07, 6.45) is 16.2. The van der Waals surface area contributed by atoms with Crippen LogP contribution in [0.25, 0.3) is 0 Å². The van der Waals surface area contributed by atoms with Gasteiger partial charge in [-0.3, -0.25) is 47.9 Å². The highest BCUT2D eigenvalue weighted by atomic mass is 16.5. The Morgan fingerprint density at radius 3 is 0.967 bits per heavy atom. The summed E-state index contributed by atoms with van der Waals surface area (Å²) in [6, 6.07) is 9.50. The smallest absolute Gasteiger partial charge is 0.306 e. The van der Waals surface area contributed by atoms with Gasteiger partial charge in [-0.25, -0.2) is 0 Å². The predicted molar refractivity (Wildman–Crippen MR) is 496 cm³/mol. The molecule has 0 saturated heterocycles. The summed E-state index contributed by atoms with van der Waals surface area (Å²) < 4.78 is 5.16. The van der Waals surface area contributed by atoms with Crippen LogP contribution in [0.5, 0.6) is 0 Å². The van der Waals surface area contributed by atoms with Crippen LogP contribution >= 0.6 is 0 Å². The summed E-state index contributed by atoms with van der Waals surface area (Å²) in [5.41, 5.74) is 17.8. The van der Waals surface area contributed by atoms with Crippen molar-refractivity contribution < 1.29 is 52.7 Å². The highest BCUT2D eigenvalue weighted by Crippen LogP contribution is 2.24. The highest BCUT2D eigenvalue weighted by Gasteiger charge is 2.34. The van der Waals surface area contributed by atoms with Crippen LogP contribution in [0.2, 0.25) is 0 Å². The van der Waals surface area contributed by atoms with E-state index >= 15 is 0 Å². The normalized spacial score (nSPS) is 12.8. The monoisotopic (exact) mass is 1710 g/mol. The van der Waals surface area contributed by atoms with Gasteiger partial charge in [0.1, 0.15) is 24.0 Å². The van der Waals surface area contributed by atoms with Crippen LogP contribution < -0.4 is 49.1 Å². The molecule has 0 spiro atoms. The van der Waals surface area contributed by atoms with E-state index in [1.165, 1.54) is 25.9 Å². The first-order chi connectivity index (χ1) is 57.9. The van der Waals surface area contributed by atoms with Crippen LogP contribution in [-0.4, -0.2) is 343 Å². The van der Waals surface area contributed by atoms with Crippen molar-refractivity contribution >= 4 is 58.8 Å². The molecule has 5 atom stereocenters. The van der Waals surface area contributed by atoms with Gasteiger partial charge in [0, 0.05) is 181 Å². The van der Waals surface area contributed by atoms with Gasteiger partial charge in [-0.1, -0.05) is 137 Å². The maximum Gasteiger partial charge on any atom is 0.306 e. The molecule has 0 fully saturated rings. The summed E-state index contributed by atoms with van der Waals surface area (Å²) in [5, 5.41) is 17.4. The molecule has 6 amide bonds. The van der Waals surface area contributed by atoms with Gasteiger partial charge in [0.2, 0.25) is 35.4 Å². The van der Waals surface area contributed by atoms with Gasteiger partial charge in [-0.05, 0) is 192 Å². The zero-order chi connectivity index (χ0) is 90.8. The lowest BCUT2D eigenvalue weighted by Crippen LogP contribution is -2.39. The van der Waals surface area contributed by atoms with Crippen molar-refractivity contribution in [3.63, 3.8) is 0 Å². The minimum atomic E-state index is -1.17. The topological polar surface area (TPSA) is 359 Å². The summed E-state index contributed by atoms with van der Waals surface area (Å²) in [7, 11) is 19.1. The van der Waals surface area contributed by atoms with Gasteiger partial charge >= 0.3 is 5.97 Å². The van der Waals surface area contributed by atoms with E-state index in [4.69, 9.17) is 21.9 Å². The number of esters is 1. The maximum absolute atomic E-state index is 14.5. The fraction of sp³-hybridized carbons (Fsp3) is 0.826. The standard InChI is InChI=1S/C62H123N13O8.C16H23NO3.C14H34N4/c1-11-14-17-19-28-65-58(79)49-52(45-55(76)44-51(4)60(81)67-29-20-18-15-12-2)57(78)48-53(61(82)69-31-24-35-73(8)39-43-75(10)41-37-71(6)33-22-26-64)46-56(77)47-54(62(83)68-27-16-13-3)50-59(80)66-30-23-34-72(7)38-42-74(9)40-36-70(5)32-21-25-63;1-3-4-10-17-16(19)13(2)11-15(18)20-12-14-8-6-5-7-9-14;1-5-6-9-16(2)11-13-18(4)14-12-17(3)10-7-8-15/h51-54H,11-50,63-64H2,1-10H3,(H,65,79)(H,66,80)(H,67,81)(H,68,83)(H,69,82);5-9,13H,3-4,10-12H2,1-2H3,(H,17,19);5-15H2,1-4H3. The second kappa shape index (κ2) is 78.7. The average molecular weight is 1710 g/mol. The lowest BCUT2D eigenvalue weighted by molar-refractivity contribution is -0.147. The first-order valence-corrected chi connectivity index (χ1v) is 46.6. The largest absolute Gasteiger partial charge is 0.461 e. The highest BCUT2D eigenvalue weighted by molar-refractivity contribution is 5.97. The van der Waals surface area contributed by atoms with Gasteiger partial charge in [0.05, 0.1) is 18.3 Å². The second-order valence-corrected chi connectivity index (χ2v) is 34.1. The molecule has 0 heterocycles. The fourth-order valence-electron chi connectivity index (χ4n) is 13.0. The first kappa shape index (κ1) is 117. The summed E-state index contributed by atoms with van der Waals surface area (Å²) in [4.78, 5) is 154. The molecule has 12 N–H and O–H groups in total. The summed E-state index contributed by atoms with van der Waals surface area (Å²) in [6.45, 7) is 36.5. The molecule has 5 unspecified atom stereocenters. The molecule has 0 radical (unpaired) electrons. The lowest BCUT2D eigenvalue weighted by Gasteiger charge is -2.24. The van der Waals surface area contributed by atoms with E-state index in [1.54, 1.807) is 13.8 Å². The van der Waals surface area contributed by atoms with Crippen molar-refractivity contribution in [2.45, 2.75) is 228 Å². The Labute approximate surface area is 735 Å². The second-order valence-electron chi connectivity index (χ2n) is 34.1. The zero-order valence-corrected chi connectivity index (χ0v) is 79.4. The van der Waals surface area contributed by atoms with E-state index in [0.29, 0.717) is 71.6 Å². The molecule has 1 aromatic carbocycles. The average Bonchev–Trinajstić information content (AvgIpc) is 0.863. The SMILES string of the molecule is CCCCCCNC(=O)CC(CC(=O)CC(C)C(=O)NCCCCCC)C(=O)CC(CC(=O)CC(CC(=O)NCCCN(C)CCN(C)CCN(C)CCCN)C(=O)NCCCC)C(=O)NCCCN(C)CCN(C)CCN(C)CCCN.CCCCN(C)CCN(C)CCN(C)CCCN.CCCCNC(=O)C(C)CC(=O)OCc1ccccc1. The molecule has 0 aliphatic heterocycles. The van der Waals surface area contributed by atoms with Crippen molar-refractivity contribution in [3.8, 4) is 0 Å². The van der Waals surface area contributed by atoms with Crippen LogP contribution in [0.15, 0.2) is 30.3 Å². The van der Waals surface area contributed by atoms with E-state index in [0.717, 1.165) is 200 Å². The van der Waals surface area contributed by atoms with E-state index < -0.39 is 65.8 Å². The number of unbranched alkanes of at least 4 members (excludes halogenated alkanes) is 9. The fourth-order valence-corrected chi connectivity index (χ4v) is 13.0. The molecule has 0 aliphatic carbocycles. The molecule has 29 nitrogen and oxygen atoms in total. The van der Waals surface area contributed by atoms with E-state index in [2.05, 4.69) is 153 Å². The summed E-state index contributed by atoms with van der Waals surface area (Å²) >= 11 is 0. The predicted octanol–water partition coefficient (Wildman–Crippen LogP) is 7.12. The van der Waals surface area contributed by atoms with Crippen LogP contribution in [0.4, 0.5) is 0 Å². The van der Waals surface area contributed by atoms with Gasteiger partial charge in [0.15, 0.2) is 0 Å². The Bertz CT molecular complexity index is 2780. The number of hydrogen-bond acceptors (Lipinski definition) is 23. The Morgan fingerprint density at radius 1 is 0.298 bits per heavy atom. The van der Waals surface area contributed by atoms with Gasteiger partial charge in [-0.15, -0.1) is 0 Å². The number of ketones is 3. The van der Waals surface area contributed by atoms with Gasteiger partial charge < -0.3 is 97.9 Å². The van der Waals surface area contributed by atoms with Gasteiger partial charge in [0.25, 0.3) is 0 Å². The molecular formula is C92H180N18O11. The van der Waals surface area contributed by atoms with Crippen LogP contribution in [0.3, 0.4) is 0 Å². The minimum Gasteiger partial charge on any atom is -0.461 e. The van der Waals surface area contributed by atoms with Gasteiger partial charge in [-0.2, -0.15) is 0 Å². The Balaban J connectivity index is 0. The van der Waals surface area contributed by atoms with Crippen LogP contribution in [0, 0.1) is 29.6 Å². The Kier molecular flexibility index (Phi) is 76.2. The van der Waals surface area contributed by atoms with Crippen molar-refractivity contribution in [2.24, 2.45) is 46.8 Å². The van der Waals surface area contributed by atoms with Crippen molar-refractivity contribution in [1.82, 2.24) is 76.0 Å². The number of nitrogens with two attached hydrogens (primary N) is 3. The van der Waals surface area contributed by atoms with E-state index in [9.17, 15) is 47.9 Å². The molecule has 0 aliphatic rings. The first-order valence-electron chi connectivity index (χ1n) is 46.6. The third-order valence-electron chi connectivity index (χ3n) is 21.8. The van der Waals surface area contributed by atoms with Crippen molar-refractivity contribution in [1.29, 1.82) is 0 Å². The Hall–Kier alpha value is -5.96. The number of nitrogens with zero attached hydrogens (tertiary/aromatic N) is 9. The molecule has 1 rings (SSSR count). The lowest BCUT2D eigenvalue weighted by atomic mass is 9.83.